The third-order valence-electron chi connectivity index (χ3n) is 11.5. The normalized spacial score (nSPS) is 20.7. The van der Waals surface area contributed by atoms with Crippen molar-refractivity contribution in [1.82, 2.24) is 24.9 Å². The number of aliphatic imine (C=N–C) groups is 1. The molecule has 0 saturated carbocycles. The predicted octanol–water partition coefficient (Wildman–Crippen LogP) is 3.50. The van der Waals surface area contributed by atoms with Crippen molar-refractivity contribution in [3.05, 3.63) is 35.9 Å². The van der Waals surface area contributed by atoms with Crippen LogP contribution in [0.2, 0.25) is 0 Å². The van der Waals surface area contributed by atoms with E-state index >= 15 is 0 Å². The first-order valence-corrected chi connectivity index (χ1v) is 21.6. The first kappa shape index (κ1) is 46.5. The third kappa shape index (κ3) is 12.6. The molecule has 1 aromatic rings. The van der Waals surface area contributed by atoms with E-state index in [1.165, 1.54) is 7.11 Å². The fraction of sp³-hybridized carbons (Fsp3) is 0.750. The molecule has 2 aliphatic rings. The number of guanidine groups is 1. The molecule has 312 valence electrons. The van der Waals surface area contributed by atoms with E-state index < -0.39 is 49.5 Å². The second kappa shape index (κ2) is 21.6. The molecule has 3 rings (SSSR count). The van der Waals surface area contributed by atoms with Gasteiger partial charge in [0.05, 0.1) is 36.4 Å². The van der Waals surface area contributed by atoms with Gasteiger partial charge in [-0.2, -0.15) is 0 Å². The van der Waals surface area contributed by atoms with Gasteiger partial charge in [-0.25, -0.2) is 4.99 Å². The summed E-state index contributed by atoms with van der Waals surface area (Å²) in [7, 11) is 4.17. The van der Waals surface area contributed by atoms with Crippen LogP contribution in [0.4, 0.5) is 0 Å². The number of ether oxygens (including phenoxy) is 2. The topological polar surface area (TPSA) is 165 Å². The summed E-state index contributed by atoms with van der Waals surface area (Å²) in [6.45, 7) is 13.6. The van der Waals surface area contributed by atoms with Crippen molar-refractivity contribution < 1.29 is 38.2 Å². The number of likely N-dealkylation sites (tertiary alicyclic amines) is 1. The van der Waals surface area contributed by atoms with Gasteiger partial charge in [-0.3, -0.25) is 18.9 Å². The Bertz CT molecular complexity index is 1450. The van der Waals surface area contributed by atoms with Gasteiger partial charge < -0.3 is 44.2 Å². The monoisotopic (exact) mass is 792 g/mol. The molecule has 14 nitrogen and oxygen atoms in total. The SMILES string of the molecule is CC[C@H](C)[C@@H]([C@@H](CC(=O)N1CCC[C@H]1[C@H](OC)[C@@H](C)C(=O)C[C@@H](Cc1ccccc1)P(=O)(O)O)OC)N(C)C(=O)[C@@H](N=C(N(C)C)N1CCNCC1)C(C)C. The summed E-state index contributed by atoms with van der Waals surface area (Å²) < 4.78 is 24.5. The highest BCUT2D eigenvalue weighted by Crippen LogP contribution is 2.45. The Morgan fingerprint density at radius 3 is 2.15 bits per heavy atom. The summed E-state index contributed by atoms with van der Waals surface area (Å²) in [5.41, 5.74) is -0.426. The molecule has 2 saturated heterocycles. The Morgan fingerprint density at radius 2 is 1.62 bits per heavy atom. The Morgan fingerprint density at radius 1 is 0.982 bits per heavy atom. The van der Waals surface area contributed by atoms with Crippen molar-refractivity contribution in [2.45, 2.75) is 109 Å². The lowest BCUT2D eigenvalue weighted by Crippen LogP contribution is -2.55. The summed E-state index contributed by atoms with van der Waals surface area (Å²) in [6.07, 6.45) is 0.593. The van der Waals surface area contributed by atoms with Gasteiger partial charge in [0, 0.05) is 80.4 Å². The maximum atomic E-state index is 14.4. The molecule has 2 heterocycles. The molecule has 2 amide bonds. The van der Waals surface area contributed by atoms with Crippen LogP contribution >= 0.6 is 7.60 Å². The van der Waals surface area contributed by atoms with Crippen LogP contribution in [-0.4, -0.2) is 157 Å². The number of benzene rings is 1. The number of methoxy groups -OCH3 is 2. The molecule has 0 bridgehead atoms. The number of amides is 2. The molecule has 2 aliphatic heterocycles. The number of hydrogen-bond donors (Lipinski definition) is 3. The quantitative estimate of drug-likeness (QED) is 0.107. The zero-order chi connectivity index (χ0) is 41.0. The highest BCUT2D eigenvalue weighted by atomic mass is 31.2. The average molecular weight is 793 g/mol. The molecule has 3 N–H and O–H groups in total. The number of carbonyl (C=O) groups is 3. The van der Waals surface area contributed by atoms with Crippen molar-refractivity contribution in [2.24, 2.45) is 22.7 Å². The first-order valence-electron chi connectivity index (χ1n) is 19.9. The highest BCUT2D eigenvalue weighted by Gasteiger charge is 2.43. The van der Waals surface area contributed by atoms with Crippen LogP contribution in [0, 0.1) is 17.8 Å². The van der Waals surface area contributed by atoms with Crippen LogP contribution in [0.15, 0.2) is 35.3 Å². The van der Waals surface area contributed by atoms with Gasteiger partial charge in [-0.05, 0) is 36.7 Å². The summed E-state index contributed by atoms with van der Waals surface area (Å²) in [6, 6.07) is 7.53. The molecular weight excluding hydrogens is 723 g/mol. The molecule has 0 spiro atoms. The second-order valence-corrected chi connectivity index (χ2v) is 17.9. The van der Waals surface area contributed by atoms with E-state index in [4.69, 9.17) is 14.5 Å². The molecule has 8 atom stereocenters. The molecular formula is C40H69N6O8P. The molecule has 1 aromatic carbocycles. The third-order valence-corrected chi connectivity index (χ3v) is 12.8. The number of nitrogens with one attached hydrogen (secondary N) is 1. The Kier molecular flexibility index (Phi) is 18.3. The summed E-state index contributed by atoms with van der Waals surface area (Å²) >= 11 is 0. The number of ketones is 1. The minimum atomic E-state index is -4.59. The predicted molar refractivity (Wildman–Crippen MR) is 216 cm³/mol. The Hall–Kier alpha value is -2.87. The molecule has 0 unspecified atom stereocenters. The highest BCUT2D eigenvalue weighted by molar-refractivity contribution is 7.52. The minimum absolute atomic E-state index is 0.00146. The van der Waals surface area contributed by atoms with Gasteiger partial charge in [-0.1, -0.05) is 71.4 Å². The molecule has 0 aromatic heterocycles. The summed E-state index contributed by atoms with van der Waals surface area (Å²) in [5, 5.41) is 3.37. The van der Waals surface area contributed by atoms with E-state index in [-0.39, 0.29) is 48.7 Å². The van der Waals surface area contributed by atoms with Crippen molar-refractivity contribution in [3.63, 3.8) is 0 Å². The van der Waals surface area contributed by atoms with E-state index in [9.17, 15) is 28.7 Å². The van der Waals surface area contributed by atoms with Crippen LogP contribution in [0.25, 0.3) is 0 Å². The number of rotatable bonds is 19. The molecule has 15 heteroatoms. The van der Waals surface area contributed by atoms with E-state index in [1.54, 1.807) is 55.1 Å². The van der Waals surface area contributed by atoms with Gasteiger partial charge in [0.15, 0.2) is 5.96 Å². The largest absolute Gasteiger partial charge is 0.379 e. The smallest absolute Gasteiger partial charge is 0.329 e. The van der Waals surface area contributed by atoms with Crippen LogP contribution in [0.3, 0.4) is 0 Å². The van der Waals surface area contributed by atoms with Crippen LogP contribution < -0.4 is 5.32 Å². The average Bonchev–Trinajstić information content (AvgIpc) is 3.64. The fourth-order valence-electron chi connectivity index (χ4n) is 8.12. The lowest BCUT2D eigenvalue weighted by atomic mass is 9.88. The van der Waals surface area contributed by atoms with Gasteiger partial charge in [-0.15, -0.1) is 0 Å². The Balaban J connectivity index is 1.81. The number of hydrogen-bond acceptors (Lipinski definition) is 8. The van der Waals surface area contributed by atoms with Crippen LogP contribution in [0.1, 0.15) is 72.3 Å². The molecule has 0 radical (unpaired) electrons. The lowest BCUT2D eigenvalue weighted by molar-refractivity contribution is -0.146. The van der Waals surface area contributed by atoms with Crippen molar-refractivity contribution in [1.29, 1.82) is 0 Å². The number of Topliss-reactive ketones (excluding diaryl/α,β-unsaturated/α-hetero) is 1. The number of carbonyl (C=O) groups excluding carboxylic acids is 3. The first-order chi connectivity index (χ1) is 26.0. The Labute approximate surface area is 329 Å². The van der Waals surface area contributed by atoms with E-state index in [0.717, 1.165) is 50.5 Å². The van der Waals surface area contributed by atoms with Gasteiger partial charge in [0.1, 0.15) is 11.8 Å². The standard InChI is InChI=1S/C40H69N6O8P/c1-11-28(4)37(44(8)39(49)36(27(2)3)42-40(43(6)7)45-22-19-41-20-23-45)34(53-9)26-35(48)46-21-15-18-32(46)38(54-10)29(5)33(47)25-31(55(50,51)52)24-30-16-13-12-14-17-30/h12-14,16-17,27-29,31-32,34,36-38,41H,11,15,18-26H2,1-10H3,(H2,50,51,52)/t28-,29-,31+,32-,34+,36-,37-,38+/m0/s1. The van der Waals surface area contributed by atoms with Crippen LogP contribution in [0.5, 0.6) is 0 Å². The number of nitrogens with zero attached hydrogens (tertiary/aromatic N) is 5. The molecule has 0 aliphatic carbocycles. The van der Waals surface area contributed by atoms with Gasteiger partial charge >= 0.3 is 7.60 Å². The number of likely N-dealkylation sites (N-methyl/N-ethyl adjacent to an activating group) is 1. The zero-order valence-electron chi connectivity index (χ0n) is 34.9. The van der Waals surface area contributed by atoms with Crippen molar-refractivity contribution in [3.8, 4) is 0 Å². The van der Waals surface area contributed by atoms with Gasteiger partial charge in [0.2, 0.25) is 11.8 Å². The second-order valence-electron chi connectivity index (χ2n) is 15.9. The van der Waals surface area contributed by atoms with E-state index in [1.807, 2.05) is 38.9 Å². The van der Waals surface area contributed by atoms with Crippen molar-refractivity contribution in [2.75, 3.05) is 68.1 Å². The number of piperazine rings is 1. The molecule has 55 heavy (non-hydrogen) atoms. The molecule has 2 fully saturated rings. The summed E-state index contributed by atoms with van der Waals surface area (Å²) in [5.74, 6) is -0.630. The maximum Gasteiger partial charge on any atom is 0.329 e. The maximum absolute atomic E-state index is 14.4. The van der Waals surface area contributed by atoms with E-state index in [2.05, 4.69) is 24.1 Å². The van der Waals surface area contributed by atoms with E-state index in [0.29, 0.717) is 13.0 Å². The van der Waals surface area contributed by atoms with Gasteiger partial charge in [0.25, 0.3) is 0 Å². The lowest BCUT2D eigenvalue weighted by Gasteiger charge is -2.40. The fourth-order valence-corrected chi connectivity index (χ4v) is 8.99. The van der Waals surface area contributed by atoms with Crippen molar-refractivity contribution >= 4 is 31.2 Å². The summed E-state index contributed by atoms with van der Waals surface area (Å²) in [4.78, 5) is 75.4. The minimum Gasteiger partial charge on any atom is -0.379 e. The van der Waals surface area contributed by atoms with Crippen LogP contribution in [-0.2, 0) is 34.8 Å². The zero-order valence-corrected chi connectivity index (χ0v) is 35.8.